The zero-order valence-corrected chi connectivity index (χ0v) is 10.6. The van der Waals surface area contributed by atoms with Gasteiger partial charge in [-0.15, -0.1) is 0 Å². The van der Waals surface area contributed by atoms with E-state index in [4.69, 9.17) is 5.11 Å². The first-order chi connectivity index (χ1) is 8.84. The van der Waals surface area contributed by atoms with E-state index in [1.807, 2.05) is 6.92 Å². The van der Waals surface area contributed by atoms with Gasteiger partial charge in [0.1, 0.15) is 5.82 Å². The first kappa shape index (κ1) is 15.9. The van der Waals surface area contributed by atoms with Crippen LogP contribution in [0.2, 0.25) is 0 Å². The third kappa shape index (κ3) is 5.16. The molecule has 0 saturated heterocycles. The molecule has 1 unspecified atom stereocenters. The third-order valence-corrected chi connectivity index (χ3v) is 2.81. The fraction of sp³-hybridized carbons (Fsp3) is 0.538. The standard InChI is InChI=1S/C13H17F4NO/c1-9(4-5-19)7-18-8-10-2-3-11(14)6-12(10)13(15,16)17/h2-3,6,9,18-19H,4-5,7-8H2,1H3. The van der Waals surface area contributed by atoms with Crippen molar-refractivity contribution in [1.29, 1.82) is 0 Å². The molecular weight excluding hydrogens is 262 g/mol. The molecule has 0 aliphatic carbocycles. The molecule has 2 nitrogen and oxygen atoms in total. The van der Waals surface area contributed by atoms with Gasteiger partial charge in [0.2, 0.25) is 0 Å². The molecule has 1 aromatic rings. The quantitative estimate of drug-likeness (QED) is 0.785. The van der Waals surface area contributed by atoms with Gasteiger partial charge < -0.3 is 10.4 Å². The first-order valence-electron chi connectivity index (χ1n) is 6.01. The third-order valence-electron chi connectivity index (χ3n) is 2.81. The second kappa shape index (κ2) is 6.86. The van der Waals surface area contributed by atoms with Crippen LogP contribution in [0.15, 0.2) is 18.2 Å². The van der Waals surface area contributed by atoms with Crippen molar-refractivity contribution in [1.82, 2.24) is 5.32 Å². The number of hydrogen-bond acceptors (Lipinski definition) is 2. The molecule has 0 spiro atoms. The van der Waals surface area contributed by atoms with Crippen LogP contribution in [0.4, 0.5) is 17.6 Å². The molecule has 2 N–H and O–H groups in total. The van der Waals surface area contributed by atoms with Gasteiger partial charge in [-0.1, -0.05) is 13.0 Å². The smallest absolute Gasteiger partial charge is 0.396 e. The molecule has 19 heavy (non-hydrogen) atoms. The van der Waals surface area contributed by atoms with E-state index in [1.54, 1.807) is 0 Å². The predicted molar refractivity (Wildman–Crippen MR) is 64.0 cm³/mol. The predicted octanol–water partition coefficient (Wildman–Crippen LogP) is 2.95. The van der Waals surface area contributed by atoms with Crippen LogP contribution in [-0.4, -0.2) is 18.3 Å². The highest BCUT2D eigenvalue weighted by Gasteiger charge is 2.33. The summed E-state index contributed by atoms with van der Waals surface area (Å²) in [7, 11) is 0. The highest BCUT2D eigenvalue weighted by molar-refractivity contribution is 5.30. The zero-order valence-electron chi connectivity index (χ0n) is 10.6. The molecule has 0 saturated carbocycles. The summed E-state index contributed by atoms with van der Waals surface area (Å²) in [5, 5.41) is 11.6. The molecule has 1 atom stereocenters. The minimum Gasteiger partial charge on any atom is -0.396 e. The van der Waals surface area contributed by atoms with Gasteiger partial charge in [-0.25, -0.2) is 4.39 Å². The normalized spacial score (nSPS) is 13.6. The van der Waals surface area contributed by atoms with Crippen molar-refractivity contribution in [3.05, 3.63) is 35.1 Å². The van der Waals surface area contributed by atoms with Gasteiger partial charge in [-0.2, -0.15) is 13.2 Å². The number of hydrogen-bond donors (Lipinski definition) is 2. The maximum absolute atomic E-state index is 12.9. The highest BCUT2D eigenvalue weighted by Crippen LogP contribution is 2.32. The Labute approximate surface area is 109 Å². The molecule has 0 fully saturated rings. The zero-order chi connectivity index (χ0) is 14.5. The Morgan fingerprint density at radius 3 is 2.58 bits per heavy atom. The van der Waals surface area contributed by atoms with Crippen LogP contribution in [0.5, 0.6) is 0 Å². The largest absolute Gasteiger partial charge is 0.416 e. The van der Waals surface area contributed by atoms with E-state index in [2.05, 4.69) is 5.32 Å². The van der Waals surface area contributed by atoms with Crippen LogP contribution in [0.3, 0.4) is 0 Å². The Kier molecular flexibility index (Phi) is 5.75. The molecule has 0 amide bonds. The van der Waals surface area contributed by atoms with Gasteiger partial charge in [0.05, 0.1) is 5.56 Å². The average molecular weight is 279 g/mol. The SMILES string of the molecule is CC(CCO)CNCc1ccc(F)cc1C(F)(F)F. The fourth-order valence-corrected chi connectivity index (χ4v) is 1.74. The molecule has 0 aliphatic rings. The van der Waals surface area contributed by atoms with Crippen molar-refractivity contribution in [2.45, 2.75) is 26.1 Å². The van der Waals surface area contributed by atoms with E-state index >= 15 is 0 Å². The van der Waals surface area contributed by atoms with E-state index in [9.17, 15) is 17.6 Å². The number of alkyl halides is 3. The maximum Gasteiger partial charge on any atom is 0.416 e. The molecule has 0 aromatic heterocycles. The first-order valence-corrected chi connectivity index (χ1v) is 6.01. The summed E-state index contributed by atoms with van der Waals surface area (Å²) in [4.78, 5) is 0. The number of aliphatic hydroxyl groups is 1. The van der Waals surface area contributed by atoms with Gasteiger partial charge in [0.15, 0.2) is 0 Å². The summed E-state index contributed by atoms with van der Waals surface area (Å²) < 4.78 is 51.0. The number of halogens is 4. The van der Waals surface area contributed by atoms with Crippen LogP contribution in [0, 0.1) is 11.7 Å². The van der Waals surface area contributed by atoms with E-state index in [1.165, 1.54) is 0 Å². The highest BCUT2D eigenvalue weighted by atomic mass is 19.4. The van der Waals surface area contributed by atoms with Crippen molar-refractivity contribution in [3.8, 4) is 0 Å². The second-order valence-electron chi connectivity index (χ2n) is 4.55. The number of rotatable bonds is 6. The van der Waals surface area contributed by atoms with E-state index in [0.29, 0.717) is 19.0 Å². The molecule has 0 bridgehead atoms. The second-order valence-corrected chi connectivity index (χ2v) is 4.55. The summed E-state index contributed by atoms with van der Waals surface area (Å²) in [6.07, 6.45) is -3.97. The summed E-state index contributed by atoms with van der Waals surface area (Å²) in [5.41, 5.74) is -0.931. The molecule has 0 aliphatic heterocycles. The summed E-state index contributed by atoms with van der Waals surface area (Å²) in [5.74, 6) is -0.732. The topological polar surface area (TPSA) is 32.3 Å². The molecule has 1 rings (SSSR count). The molecule has 0 heterocycles. The summed E-state index contributed by atoms with van der Waals surface area (Å²) in [6, 6.07) is 2.67. The Balaban J connectivity index is 2.68. The average Bonchev–Trinajstić information content (AvgIpc) is 2.30. The molecule has 1 aromatic carbocycles. The minimum atomic E-state index is -4.56. The lowest BCUT2D eigenvalue weighted by Gasteiger charge is -2.15. The number of benzene rings is 1. The molecule has 108 valence electrons. The van der Waals surface area contributed by atoms with Crippen LogP contribution in [-0.2, 0) is 12.7 Å². The van der Waals surface area contributed by atoms with Gasteiger partial charge >= 0.3 is 6.18 Å². The maximum atomic E-state index is 12.9. The molecule has 0 radical (unpaired) electrons. The minimum absolute atomic E-state index is 0.0186. The van der Waals surface area contributed by atoms with Gasteiger partial charge in [-0.3, -0.25) is 0 Å². The summed E-state index contributed by atoms with van der Waals surface area (Å²) in [6.45, 7) is 2.45. The van der Waals surface area contributed by atoms with Crippen LogP contribution in [0.25, 0.3) is 0 Å². The van der Waals surface area contributed by atoms with E-state index in [-0.39, 0.29) is 24.6 Å². The van der Waals surface area contributed by atoms with Crippen molar-refractivity contribution < 1.29 is 22.7 Å². The molecule has 6 heteroatoms. The van der Waals surface area contributed by atoms with Gasteiger partial charge in [0, 0.05) is 13.2 Å². The van der Waals surface area contributed by atoms with Crippen LogP contribution >= 0.6 is 0 Å². The molecular formula is C13H17F4NO. The van der Waals surface area contributed by atoms with Crippen LogP contribution in [0.1, 0.15) is 24.5 Å². The van der Waals surface area contributed by atoms with Crippen LogP contribution < -0.4 is 5.32 Å². The lowest BCUT2D eigenvalue weighted by molar-refractivity contribution is -0.138. The Morgan fingerprint density at radius 2 is 2.00 bits per heavy atom. The number of nitrogens with one attached hydrogen (secondary N) is 1. The Bertz CT molecular complexity index is 406. The van der Waals surface area contributed by atoms with Gasteiger partial charge in [-0.05, 0) is 36.6 Å². The van der Waals surface area contributed by atoms with Gasteiger partial charge in [0.25, 0.3) is 0 Å². The fourth-order valence-electron chi connectivity index (χ4n) is 1.74. The Morgan fingerprint density at radius 1 is 1.32 bits per heavy atom. The lowest BCUT2D eigenvalue weighted by atomic mass is 10.1. The monoisotopic (exact) mass is 279 g/mol. The number of aliphatic hydroxyl groups excluding tert-OH is 1. The van der Waals surface area contributed by atoms with E-state index < -0.39 is 17.6 Å². The van der Waals surface area contributed by atoms with Crippen molar-refractivity contribution in [2.75, 3.05) is 13.2 Å². The Hall–Kier alpha value is -1.14. The van der Waals surface area contributed by atoms with E-state index in [0.717, 1.165) is 12.1 Å². The summed E-state index contributed by atoms with van der Waals surface area (Å²) >= 11 is 0. The van der Waals surface area contributed by atoms with Crippen molar-refractivity contribution in [3.63, 3.8) is 0 Å². The lowest BCUT2D eigenvalue weighted by Crippen LogP contribution is -2.23. The van der Waals surface area contributed by atoms with Crippen molar-refractivity contribution >= 4 is 0 Å². The van der Waals surface area contributed by atoms with Crippen molar-refractivity contribution in [2.24, 2.45) is 5.92 Å².